The van der Waals surface area contributed by atoms with Crippen molar-refractivity contribution in [1.29, 1.82) is 0 Å². The van der Waals surface area contributed by atoms with Crippen LogP contribution >= 0.6 is 27.5 Å². The van der Waals surface area contributed by atoms with Gasteiger partial charge >= 0.3 is 0 Å². The molecule has 4 heteroatoms. The lowest BCUT2D eigenvalue weighted by molar-refractivity contribution is 0.211. The number of piperidine rings is 1. The summed E-state index contributed by atoms with van der Waals surface area (Å²) in [5.74, 6) is 0. The molecule has 0 aromatic heterocycles. The Hall–Kier alpha value is -1.03. The van der Waals surface area contributed by atoms with E-state index in [4.69, 9.17) is 11.6 Å². The van der Waals surface area contributed by atoms with E-state index in [1.54, 1.807) is 0 Å². The minimum atomic E-state index is 0.535. The SMILES string of the molecule is Cc1c(Cl)cccc1NC1CCN(Cc2ccc(Br)cc2)CC1. The summed E-state index contributed by atoms with van der Waals surface area (Å²) in [5, 5.41) is 4.50. The van der Waals surface area contributed by atoms with Crippen molar-refractivity contribution in [1.82, 2.24) is 4.90 Å². The molecule has 122 valence electrons. The van der Waals surface area contributed by atoms with E-state index in [9.17, 15) is 0 Å². The van der Waals surface area contributed by atoms with Gasteiger partial charge in [0.05, 0.1) is 0 Å². The maximum Gasteiger partial charge on any atom is 0.0455 e. The molecule has 23 heavy (non-hydrogen) atoms. The standard InChI is InChI=1S/C19H22BrClN2/c1-14-18(21)3-2-4-19(14)22-17-9-11-23(12-10-17)13-15-5-7-16(20)8-6-15/h2-8,17,22H,9-13H2,1H3. The summed E-state index contributed by atoms with van der Waals surface area (Å²) in [7, 11) is 0. The number of hydrogen-bond donors (Lipinski definition) is 1. The Morgan fingerprint density at radius 3 is 2.52 bits per heavy atom. The molecule has 2 nitrogen and oxygen atoms in total. The van der Waals surface area contributed by atoms with E-state index in [2.05, 4.69) is 63.4 Å². The lowest BCUT2D eigenvalue weighted by atomic mass is 10.0. The average Bonchev–Trinajstić information content (AvgIpc) is 2.56. The molecule has 1 fully saturated rings. The van der Waals surface area contributed by atoms with E-state index in [0.717, 1.165) is 34.7 Å². The number of nitrogens with one attached hydrogen (secondary N) is 1. The first kappa shape index (κ1) is 16.8. The van der Waals surface area contributed by atoms with Gasteiger partial charge in [0.25, 0.3) is 0 Å². The van der Waals surface area contributed by atoms with Crippen LogP contribution in [0.25, 0.3) is 0 Å². The molecule has 2 aromatic rings. The van der Waals surface area contributed by atoms with Gasteiger partial charge in [-0.25, -0.2) is 0 Å². The van der Waals surface area contributed by atoms with Gasteiger partial charge in [0.2, 0.25) is 0 Å². The van der Waals surface area contributed by atoms with Crippen LogP contribution in [0.5, 0.6) is 0 Å². The number of likely N-dealkylation sites (tertiary alicyclic amines) is 1. The largest absolute Gasteiger partial charge is 0.382 e. The molecule has 0 unspecified atom stereocenters. The van der Waals surface area contributed by atoms with E-state index >= 15 is 0 Å². The molecule has 0 spiro atoms. The molecule has 1 saturated heterocycles. The Balaban J connectivity index is 1.52. The van der Waals surface area contributed by atoms with Crippen LogP contribution in [0.15, 0.2) is 46.9 Å². The molecule has 0 atom stereocenters. The second kappa shape index (κ2) is 7.69. The Kier molecular flexibility index (Phi) is 5.62. The number of anilines is 1. The van der Waals surface area contributed by atoms with Crippen molar-refractivity contribution < 1.29 is 0 Å². The number of benzene rings is 2. The monoisotopic (exact) mass is 392 g/mol. The lowest BCUT2D eigenvalue weighted by Gasteiger charge is -2.33. The normalized spacial score (nSPS) is 16.5. The molecule has 1 heterocycles. The molecule has 1 N–H and O–H groups in total. The first-order valence-corrected chi connectivity index (χ1v) is 9.27. The van der Waals surface area contributed by atoms with Crippen molar-refractivity contribution >= 4 is 33.2 Å². The van der Waals surface area contributed by atoms with Crippen molar-refractivity contribution in [2.45, 2.75) is 32.4 Å². The molecule has 0 bridgehead atoms. The van der Waals surface area contributed by atoms with Crippen LogP contribution in [0.4, 0.5) is 5.69 Å². The minimum Gasteiger partial charge on any atom is -0.382 e. The van der Waals surface area contributed by atoms with Gasteiger partial charge in [0, 0.05) is 40.9 Å². The van der Waals surface area contributed by atoms with Gasteiger partial charge in [-0.3, -0.25) is 4.90 Å². The maximum atomic E-state index is 6.20. The topological polar surface area (TPSA) is 15.3 Å². The third kappa shape index (κ3) is 4.50. The van der Waals surface area contributed by atoms with E-state index in [1.807, 2.05) is 12.1 Å². The predicted molar refractivity (Wildman–Crippen MR) is 102 cm³/mol. The third-order valence-electron chi connectivity index (χ3n) is 4.53. The van der Waals surface area contributed by atoms with Crippen molar-refractivity contribution in [3.63, 3.8) is 0 Å². The molecule has 0 amide bonds. The molecular formula is C19H22BrClN2. The fourth-order valence-electron chi connectivity index (χ4n) is 3.07. The molecule has 0 radical (unpaired) electrons. The smallest absolute Gasteiger partial charge is 0.0455 e. The van der Waals surface area contributed by atoms with Gasteiger partial charge in [-0.15, -0.1) is 0 Å². The molecule has 0 aliphatic carbocycles. The second-order valence-electron chi connectivity index (χ2n) is 6.23. The number of hydrogen-bond acceptors (Lipinski definition) is 2. The highest BCUT2D eigenvalue weighted by molar-refractivity contribution is 9.10. The highest BCUT2D eigenvalue weighted by atomic mass is 79.9. The Labute approximate surface area is 152 Å². The van der Waals surface area contributed by atoms with Crippen LogP contribution in [0.1, 0.15) is 24.0 Å². The number of halogens is 2. The van der Waals surface area contributed by atoms with Gasteiger partial charge in [0.15, 0.2) is 0 Å². The van der Waals surface area contributed by atoms with Crippen LogP contribution < -0.4 is 5.32 Å². The van der Waals surface area contributed by atoms with Gasteiger partial charge in [-0.05, 0) is 55.2 Å². The highest BCUT2D eigenvalue weighted by Crippen LogP contribution is 2.25. The fraction of sp³-hybridized carbons (Fsp3) is 0.368. The highest BCUT2D eigenvalue weighted by Gasteiger charge is 2.19. The first-order valence-electron chi connectivity index (χ1n) is 8.10. The van der Waals surface area contributed by atoms with Crippen molar-refractivity contribution in [2.24, 2.45) is 0 Å². The van der Waals surface area contributed by atoms with Crippen molar-refractivity contribution in [2.75, 3.05) is 18.4 Å². The zero-order chi connectivity index (χ0) is 16.2. The fourth-order valence-corrected chi connectivity index (χ4v) is 3.51. The van der Waals surface area contributed by atoms with Crippen LogP contribution in [0.3, 0.4) is 0 Å². The predicted octanol–water partition coefficient (Wildman–Crippen LogP) is 5.49. The van der Waals surface area contributed by atoms with Gasteiger partial charge in [0.1, 0.15) is 0 Å². The third-order valence-corrected chi connectivity index (χ3v) is 5.47. The van der Waals surface area contributed by atoms with E-state index in [0.29, 0.717) is 6.04 Å². The Morgan fingerprint density at radius 1 is 1.13 bits per heavy atom. The van der Waals surface area contributed by atoms with E-state index < -0.39 is 0 Å². The molecule has 2 aromatic carbocycles. The summed E-state index contributed by atoms with van der Waals surface area (Å²) in [5.41, 5.74) is 3.70. The summed E-state index contributed by atoms with van der Waals surface area (Å²) in [6.07, 6.45) is 2.34. The molecular weight excluding hydrogens is 372 g/mol. The minimum absolute atomic E-state index is 0.535. The lowest BCUT2D eigenvalue weighted by Crippen LogP contribution is -2.38. The van der Waals surface area contributed by atoms with Crippen LogP contribution in [0.2, 0.25) is 5.02 Å². The quantitative estimate of drug-likeness (QED) is 0.739. The zero-order valence-corrected chi connectivity index (χ0v) is 15.7. The first-order chi connectivity index (χ1) is 11.1. The van der Waals surface area contributed by atoms with E-state index in [1.165, 1.54) is 24.1 Å². The van der Waals surface area contributed by atoms with Crippen LogP contribution in [0, 0.1) is 6.92 Å². The molecule has 3 rings (SSSR count). The second-order valence-corrected chi connectivity index (χ2v) is 7.56. The Bertz CT molecular complexity index is 649. The summed E-state index contributed by atoms with van der Waals surface area (Å²) in [6, 6.07) is 15.2. The van der Waals surface area contributed by atoms with Gasteiger partial charge in [-0.1, -0.05) is 45.7 Å². The average molecular weight is 394 g/mol. The summed E-state index contributed by atoms with van der Waals surface area (Å²) >= 11 is 9.69. The van der Waals surface area contributed by atoms with Crippen molar-refractivity contribution in [3.8, 4) is 0 Å². The number of nitrogens with zero attached hydrogens (tertiary/aromatic N) is 1. The van der Waals surface area contributed by atoms with E-state index in [-0.39, 0.29) is 0 Å². The maximum absolute atomic E-state index is 6.20. The van der Waals surface area contributed by atoms with Gasteiger partial charge in [-0.2, -0.15) is 0 Å². The number of rotatable bonds is 4. The Morgan fingerprint density at radius 2 is 1.83 bits per heavy atom. The van der Waals surface area contributed by atoms with Gasteiger partial charge < -0.3 is 5.32 Å². The van der Waals surface area contributed by atoms with Crippen LogP contribution in [-0.2, 0) is 6.54 Å². The summed E-state index contributed by atoms with van der Waals surface area (Å²) in [4.78, 5) is 2.53. The van der Waals surface area contributed by atoms with Crippen molar-refractivity contribution in [3.05, 3.63) is 63.1 Å². The molecule has 0 saturated carbocycles. The molecule has 1 aliphatic rings. The summed E-state index contributed by atoms with van der Waals surface area (Å²) < 4.78 is 1.14. The molecule has 1 aliphatic heterocycles. The van der Waals surface area contributed by atoms with Crippen LogP contribution in [-0.4, -0.2) is 24.0 Å². The summed E-state index contributed by atoms with van der Waals surface area (Å²) in [6.45, 7) is 5.38. The zero-order valence-electron chi connectivity index (χ0n) is 13.4.